The molecule has 1 saturated heterocycles. The monoisotopic (exact) mass is 236 g/mol. The predicted molar refractivity (Wildman–Crippen MR) is 62.4 cm³/mol. The molecule has 1 atom stereocenters. The number of nitrogens with one attached hydrogen (secondary N) is 1. The van der Waals surface area contributed by atoms with Gasteiger partial charge >= 0.3 is 0 Å². The van der Waals surface area contributed by atoms with E-state index in [9.17, 15) is 4.79 Å². The lowest BCUT2D eigenvalue weighted by Crippen LogP contribution is -2.33. The summed E-state index contributed by atoms with van der Waals surface area (Å²) in [7, 11) is 1.78. The van der Waals surface area contributed by atoms with Crippen molar-refractivity contribution in [3.8, 4) is 0 Å². The molecule has 1 aromatic heterocycles. The molecule has 0 aromatic carbocycles. The molecular weight excluding hydrogens is 220 g/mol. The average molecular weight is 236 g/mol. The molecule has 17 heavy (non-hydrogen) atoms. The molecule has 92 valence electrons. The van der Waals surface area contributed by atoms with Gasteiger partial charge in [0.2, 0.25) is 5.91 Å². The number of aliphatic hydroxyl groups is 1. The number of likely N-dealkylation sites (tertiary alicyclic amines) is 1. The van der Waals surface area contributed by atoms with Gasteiger partial charge in [0.05, 0.1) is 24.1 Å². The maximum atomic E-state index is 11.6. The SMILES string of the molecule is CNc1cncc([C@@H]2CCCN2C(=O)CO)n1. The normalized spacial score (nSPS) is 19.4. The minimum atomic E-state index is -0.449. The van der Waals surface area contributed by atoms with Gasteiger partial charge in [-0.05, 0) is 12.8 Å². The highest BCUT2D eigenvalue weighted by atomic mass is 16.3. The highest BCUT2D eigenvalue weighted by molar-refractivity contribution is 5.77. The Hall–Kier alpha value is -1.69. The fraction of sp³-hybridized carbons (Fsp3) is 0.545. The molecule has 0 aliphatic carbocycles. The summed E-state index contributed by atoms with van der Waals surface area (Å²) >= 11 is 0. The summed E-state index contributed by atoms with van der Waals surface area (Å²) in [5.74, 6) is 0.440. The van der Waals surface area contributed by atoms with Crippen LogP contribution in [-0.4, -0.2) is 46.1 Å². The van der Waals surface area contributed by atoms with Gasteiger partial charge < -0.3 is 15.3 Å². The maximum Gasteiger partial charge on any atom is 0.248 e. The topological polar surface area (TPSA) is 78.4 Å². The number of carbonyl (C=O) groups excluding carboxylic acids is 1. The van der Waals surface area contributed by atoms with E-state index in [1.54, 1.807) is 24.3 Å². The molecule has 1 aliphatic heterocycles. The molecule has 0 spiro atoms. The van der Waals surface area contributed by atoms with Gasteiger partial charge in [0.25, 0.3) is 0 Å². The van der Waals surface area contributed by atoms with Crippen molar-refractivity contribution in [3.63, 3.8) is 0 Å². The number of carbonyl (C=O) groups is 1. The summed E-state index contributed by atoms with van der Waals surface area (Å²) in [5, 5.41) is 11.8. The third-order valence-corrected chi connectivity index (χ3v) is 2.96. The third-order valence-electron chi connectivity index (χ3n) is 2.96. The van der Waals surface area contributed by atoms with Crippen LogP contribution in [0.2, 0.25) is 0 Å². The molecule has 1 aromatic rings. The first-order valence-electron chi connectivity index (χ1n) is 5.66. The second-order valence-electron chi connectivity index (χ2n) is 3.98. The van der Waals surface area contributed by atoms with Crippen molar-refractivity contribution >= 4 is 11.7 Å². The standard InChI is InChI=1S/C11H16N4O2/c1-12-10-6-13-5-8(14-10)9-3-2-4-15(9)11(17)7-16/h5-6,9,16H,2-4,7H2,1H3,(H,12,14)/t9-/m0/s1. The zero-order chi connectivity index (χ0) is 12.3. The lowest BCUT2D eigenvalue weighted by atomic mass is 10.1. The zero-order valence-corrected chi connectivity index (χ0v) is 9.76. The summed E-state index contributed by atoms with van der Waals surface area (Å²) < 4.78 is 0. The van der Waals surface area contributed by atoms with E-state index in [1.807, 2.05) is 0 Å². The second-order valence-corrected chi connectivity index (χ2v) is 3.98. The number of anilines is 1. The van der Waals surface area contributed by atoms with Crippen molar-refractivity contribution in [2.75, 3.05) is 25.5 Å². The van der Waals surface area contributed by atoms with Crippen LogP contribution < -0.4 is 5.32 Å². The van der Waals surface area contributed by atoms with E-state index < -0.39 is 6.61 Å². The summed E-state index contributed by atoms with van der Waals surface area (Å²) in [5.41, 5.74) is 0.774. The van der Waals surface area contributed by atoms with Gasteiger partial charge in [0, 0.05) is 13.6 Å². The first-order chi connectivity index (χ1) is 8.26. The van der Waals surface area contributed by atoms with Gasteiger partial charge in [0.15, 0.2) is 0 Å². The summed E-state index contributed by atoms with van der Waals surface area (Å²) in [6.45, 7) is 0.227. The number of hydrogen-bond acceptors (Lipinski definition) is 5. The van der Waals surface area contributed by atoms with Crippen molar-refractivity contribution < 1.29 is 9.90 Å². The Kier molecular flexibility index (Phi) is 3.53. The van der Waals surface area contributed by atoms with Crippen LogP contribution in [0.5, 0.6) is 0 Å². The van der Waals surface area contributed by atoms with E-state index in [-0.39, 0.29) is 11.9 Å². The molecule has 2 rings (SSSR count). The molecule has 2 N–H and O–H groups in total. The smallest absolute Gasteiger partial charge is 0.248 e. The first-order valence-corrected chi connectivity index (χ1v) is 5.66. The first kappa shape index (κ1) is 11.8. The number of aromatic nitrogens is 2. The Morgan fingerprint density at radius 3 is 3.18 bits per heavy atom. The molecular formula is C11H16N4O2. The van der Waals surface area contributed by atoms with Crippen LogP contribution in [0.3, 0.4) is 0 Å². The Bertz CT molecular complexity index is 410. The lowest BCUT2D eigenvalue weighted by molar-refractivity contribution is -0.135. The van der Waals surface area contributed by atoms with Gasteiger partial charge in [-0.15, -0.1) is 0 Å². The number of hydrogen-bond donors (Lipinski definition) is 2. The highest BCUT2D eigenvalue weighted by Gasteiger charge is 2.30. The van der Waals surface area contributed by atoms with Crippen LogP contribution in [0.25, 0.3) is 0 Å². The number of rotatable bonds is 3. The molecule has 0 unspecified atom stereocenters. The second kappa shape index (κ2) is 5.09. The van der Waals surface area contributed by atoms with Crippen LogP contribution in [0, 0.1) is 0 Å². The van der Waals surface area contributed by atoms with Gasteiger partial charge in [0.1, 0.15) is 12.4 Å². The molecule has 0 radical (unpaired) electrons. The number of aliphatic hydroxyl groups excluding tert-OH is 1. The molecule has 1 aliphatic rings. The van der Waals surface area contributed by atoms with E-state index in [0.29, 0.717) is 12.4 Å². The van der Waals surface area contributed by atoms with Crippen LogP contribution in [0.1, 0.15) is 24.6 Å². The Balaban J connectivity index is 2.22. The van der Waals surface area contributed by atoms with Crippen molar-refractivity contribution in [1.29, 1.82) is 0 Å². The fourth-order valence-electron chi connectivity index (χ4n) is 2.13. The van der Waals surface area contributed by atoms with Crippen molar-refractivity contribution in [2.45, 2.75) is 18.9 Å². The molecule has 1 amide bonds. The van der Waals surface area contributed by atoms with Gasteiger partial charge in [-0.1, -0.05) is 0 Å². The fourth-order valence-corrected chi connectivity index (χ4v) is 2.13. The average Bonchev–Trinajstić information content (AvgIpc) is 2.87. The van der Waals surface area contributed by atoms with Crippen LogP contribution in [-0.2, 0) is 4.79 Å². The van der Waals surface area contributed by atoms with E-state index in [4.69, 9.17) is 5.11 Å². The van der Waals surface area contributed by atoms with Crippen molar-refractivity contribution in [2.24, 2.45) is 0 Å². The number of amides is 1. The molecule has 6 nitrogen and oxygen atoms in total. The van der Waals surface area contributed by atoms with E-state index in [0.717, 1.165) is 18.5 Å². The van der Waals surface area contributed by atoms with Crippen LogP contribution in [0.4, 0.5) is 5.82 Å². The minimum Gasteiger partial charge on any atom is -0.387 e. The van der Waals surface area contributed by atoms with E-state index in [1.165, 1.54) is 0 Å². The molecule has 6 heteroatoms. The predicted octanol–water partition coefficient (Wildman–Crippen LogP) is 0.174. The zero-order valence-electron chi connectivity index (χ0n) is 9.76. The highest BCUT2D eigenvalue weighted by Crippen LogP contribution is 2.30. The van der Waals surface area contributed by atoms with Crippen LogP contribution in [0.15, 0.2) is 12.4 Å². The number of nitrogens with zero attached hydrogens (tertiary/aromatic N) is 3. The summed E-state index contributed by atoms with van der Waals surface area (Å²) in [6, 6.07) is -0.0598. The lowest BCUT2D eigenvalue weighted by Gasteiger charge is -2.23. The van der Waals surface area contributed by atoms with Crippen LogP contribution >= 0.6 is 0 Å². The third kappa shape index (κ3) is 2.36. The van der Waals surface area contributed by atoms with Gasteiger partial charge in [-0.3, -0.25) is 9.78 Å². The summed E-state index contributed by atoms with van der Waals surface area (Å²) in [4.78, 5) is 21.7. The maximum absolute atomic E-state index is 11.6. The molecule has 1 fully saturated rings. The van der Waals surface area contributed by atoms with Crippen molar-refractivity contribution in [1.82, 2.24) is 14.9 Å². The molecule has 2 heterocycles. The van der Waals surface area contributed by atoms with E-state index >= 15 is 0 Å². The Morgan fingerprint density at radius 1 is 1.65 bits per heavy atom. The molecule has 0 bridgehead atoms. The Labute approximate surface area is 99.7 Å². The molecule has 0 saturated carbocycles. The van der Waals surface area contributed by atoms with Gasteiger partial charge in [-0.2, -0.15) is 0 Å². The van der Waals surface area contributed by atoms with Crippen molar-refractivity contribution in [3.05, 3.63) is 18.1 Å². The minimum absolute atomic E-state index is 0.0598. The summed E-state index contributed by atoms with van der Waals surface area (Å²) in [6.07, 6.45) is 5.11. The van der Waals surface area contributed by atoms with E-state index in [2.05, 4.69) is 15.3 Å². The quantitative estimate of drug-likeness (QED) is 0.782. The largest absolute Gasteiger partial charge is 0.387 e. The Morgan fingerprint density at radius 2 is 2.47 bits per heavy atom. The van der Waals surface area contributed by atoms with Gasteiger partial charge in [-0.25, -0.2) is 4.98 Å².